The Kier molecular flexibility index (Phi) is 4.57. The van der Waals surface area contributed by atoms with Crippen LogP contribution in [0.2, 0.25) is 0 Å². The third-order valence-electron chi connectivity index (χ3n) is 2.37. The fourth-order valence-corrected chi connectivity index (χ4v) is 3.36. The summed E-state index contributed by atoms with van der Waals surface area (Å²) in [6.07, 6.45) is 1.01. The second kappa shape index (κ2) is 5.26. The van der Waals surface area contributed by atoms with Crippen LogP contribution in [-0.2, 0) is 9.16 Å². The molecular weight excluding hydrogens is 194 g/mol. The third kappa shape index (κ3) is 3.35. The zero-order valence-electron chi connectivity index (χ0n) is 9.99. The van der Waals surface area contributed by atoms with Crippen molar-refractivity contribution in [2.45, 2.75) is 53.1 Å². The molecule has 1 saturated heterocycles. The highest BCUT2D eigenvalue weighted by Crippen LogP contribution is 2.21. The van der Waals surface area contributed by atoms with Gasteiger partial charge in [0.05, 0.1) is 6.10 Å². The van der Waals surface area contributed by atoms with E-state index in [0.717, 1.165) is 6.54 Å². The maximum Gasteiger partial charge on any atom is 0.241 e. The van der Waals surface area contributed by atoms with E-state index in [1.807, 2.05) is 0 Å². The largest absolute Gasteiger partial charge is 0.406 e. The number of rotatable bonds is 4. The SMILES string of the molecule is CC(C)O[SiH2]N1CC(C)OC1C(C)C. The van der Waals surface area contributed by atoms with Crippen LogP contribution in [0.5, 0.6) is 0 Å². The number of ether oxygens (including phenoxy) is 1. The van der Waals surface area contributed by atoms with Gasteiger partial charge in [0, 0.05) is 12.6 Å². The first-order valence-electron chi connectivity index (χ1n) is 5.51. The zero-order chi connectivity index (χ0) is 10.7. The Bertz CT molecular complexity index is 176. The van der Waals surface area contributed by atoms with E-state index < -0.39 is 9.92 Å². The van der Waals surface area contributed by atoms with Gasteiger partial charge in [-0.1, -0.05) is 13.8 Å². The summed E-state index contributed by atoms with van der Waals surface area (Å²) in [5.74, 6) is 0.559. The molecule has 0 amide bonds. The molecule has 4 heteroatoms. The van der Waals surface area contributed by atoms with E-state index in [4.69, 9.17) is 9.16 Å². The second-order valence-electron chi connectivity index (χ2n) is 4.70. The minimum Gasteiger partial charge on any atom is -0.406 e. The summed E-state index contributed by atoms with van der Waals surface area (Å²) >= 11 is 0. The third-order valence-corrected chi connectivity index (χ3v) is 4.13. The van der Waals surface area contributed by atoms with Crippen LogP contribution in [0.25, 0.3) is 0 Å². The molecule has 0 aromatic rings. The topological polar surface area (TPSA) is 21.7 Å². The molecule has 0 aromatic heterocycles. The van der Waals surface area contributed by atoms with Gasteiger partial charge in [-0.05, 0) is 26.7 Å². The summed E-state index contributed by atoms with van der Waals surface area (Å²) in [7, 11) is -0.573. The Labute approximate surface area is 89.8 Å². The summed E-state index contributed by atoms with van der Waals surface area (Å²) in [5.41, 5.74) is 0. The van der Waals surface area contributed by atoms with Crippen molar-refractivity contribution in [2.24, 2.45) is 5.92 Å². The zero-order valence-corrected chi connectivity index (χ0v) is 11.4. The minimum atomic E-state index is -0.573. The van der Waals surface area contributed by atoms with Crippen LogP contribution in [0.15, 0.2) is 0 Å². The van der Waals surface area contributed by atoms with Gasteiger partial charge >= 0.3 is 0 Å². The first-order chi connectivity index (χ1) is 6.50. The van der Waals surface area contributed by atoms with E-state index >= 15 is 0 Å². The van der Waals surface area contributed by atoms with E-state index in [-0.39, 0.29) is 6.23 Å². The summed E-state index contributed by atoms with van der Waals surface area (Å²) in [4.78, 5) is 0. The van der Waals surface area contributed by atoms with Gasteiger partial charge in [0.25, 0.3) is 0 Å². The van der Waals surface area contributed by atoms with Crippen LogP contribution < -0.4 is 0 Å². The second-order valence-corrected chi connectivity index (χ2v) is 6.10. The highest BCUT2D eigenvalue weighted by Gasteiger charge is 2.32. The molecule has 0 aromatic carbocycles. The molecule has 3 nitrogen and oxygen atoms in total. The predicted molar refractivity (Wildman–Crippen MR) is 60.6 cm³/mol. The molecule has 84 valence electrons. The molecule has 0 radical (unpaired) electrons. The fourth-order valence-electron chi connectivity index (χ4n) is 1.75. The van der Waals surface area contributed by atoms with Crippen LogP contribution in [0, 0.1) is 5.92 Å². The Morgan fingerprint density at radius 2 is 2.00 bits per heavy atom. The predicted octanol–water partition coefficient (Wildman–Crippen LogP) is 1.11. The lowest BCUT2D eigenvalue weighted by atomic mass is 10.2. The standard InChI is InChI=1S/C10H23NO2Si/c1-7(2)10-11(6-9(5)12-10)14-13-8(3)4/h7-10H,6,14H2,1-5H3. The first-order valence-corrected chi connectivity index (χ1v) is 6.72. The Morgan fingerprint density at radius 1 is 1.36 bits per heavy atom. The summed E-state index contributed by atoms with van der Waals surface area (Å²) < 4.78 is 14.0. The van der Waals surface area contributed by atoms with Gasteiger partial charge in [-0.25, -0.2) is 0 Å². The Hall–Kier alpha value is 0.0969. The van der Waals surface area contributed by atoms with Gasteiger partial charge in [0.15, 0.2) is 0 Å². The van der Waals surface area contributed by atoms with E-state index in [1.165, 1.54) is 0 Å². The molecule has 1 rings (SSSR count). The van der Waals surface area contributed by atoms with Crippen molar-refractivity contribution < 1.29 is 9.16 Å². The van der Waals surface area contributed by atoms with Gasteiger partial charge in [0.2, 0.25) is 9.92 Å². The minimum absolute atomic E-state index is 0.287. The number of hydrogen-bond donors (Lipinski definition) is 0. The molecule has 1 fully saturated rings. The van der Waals surface area contributed by atoms with Crippen LogP contribution in [0.1, 0.15) is 34.6 Å². The van der Waals surface area contributed by atoms with E-state index in [1.54, 1.807) is 0 Å². The monoisotopic (exact) mass is 217 g/mol. The Morgan fingerprint density at radius 3 is 2.50 bits per heavy atom. The van der Waals surface area contributed by atoms with Crippen LogP contribution in [0.3, 0.4) is 0 Å². The fraction of sp³-hybridized carbons (Fsp3) is 1.00. The van der Waals surface area contributed by atoms with Crippen molar-refractivity contribution in [2.75, 3.05) is 6.54 Å². The van der Waals surface area contributed by atoms with E-state index in [2.05, 4.69) is 39.2 Å². The summed E-state index contributed by atoms with van der Waals surface area (Å²) in [6.45, 7) is 11.8. The van der Waals surface area contributed by atoms with E-state index in [9.17, 15) is 0 Å². The van der Waals surface area contributed by atoms with Gasteiger partial charge in [-0.2, -0.15) is 0 Å². The summed E-state index contributed by atoms with van der Waals surface area (Å²) in [5, 5.41) is 0. The van der Waals surface area contributed by atoms with E-state index in [0.29, 0.717) is 18.1 Å². The lowest BCUT2D eigenvalue weighted by molar-refractivity contribution is -0.00627. The first kappa shape index (κ1) is 12.2. The molecule has 0 saturated carbocycles. The maximum absolute atomic E-state index is 5.85. The Balaban J connectivity index is 2.41. The van der Waals surface area contributed by atoms with Crippen LogP contribution in [0.4, 0.5) is 0 Å². The molecule has 1 aliphatic rings. The molecule has 1 heterocycles. The molecule has 0 spiro atoms. The molecule has 2 atom stereocenters. The average molecular weight is 217 g/mol. The molecule has 0 bridgehead atoms. The normalized spacial score (nSPS) is 30.2. The summed E-state index contributed by atoms with van der Waals surface area (Å²) in [6, 6.07) is 0. The van der Waals surface area contributed by atoms with Crippen molar-refractivity contribution in [3.8, 4) is 0 Å². The smallest absolute Gasteiger partial charge is 0.241 e. The van der Waals surface area contributed by atoms with Crippen molar-refractivity contribution >= 4 is 9.92 Å². The lowest BCUT2D eigenvalue weighted by Crippen LogP contribution is -2.39. The average Bonchev–Trinajstić information content (AvgIpc) is 2.43. The molecule has 1 aliphatic heterocycles. The maximum atomic E-state index is 5.85. The lowest BCUT2D eigenvalue weighted by Gasteiger charge is -2.26. The number of nitrogens with zero attached hydrogens (tertiary/aromatic N) is 1. The molecule has 2 unspecified atom stereocenters. The van der Waals surface area contributed by atoms with Crippen LogP contribution in [-0.4, -0.2) is 39.5 Å². The van der Waals surface area contributed by atoms with Crippen LogP contribution >= 0.6 is 0 Å². The highest BCUT2D eigenvalue weighted by atomic mass is 28.2. The number of hydrogen-bond acceptors (Lipinski definition) is 3. The van der Waals surface area contributed by atoms with Gasteiger partial charge < -0.3 is 9.16 Å². The van der Waals surface area contributed by atoms with Gasteiger partial charge in [0.1, 0.15) is 6.23 Å². The molecule has 0 aliphatic carbocycles. The highest BCUT2D eigenvalue weighted by molar-refractivity contribution is 6.23. The van der Waals surface area contributed by atoms with Gasteiger partial charge in [-0.3, -0.25) is 4.57 Å². The van der Waals surface area contributed by atoms with Crippen molar-refractivity contribution in [1.82, 2.24) is 4.57 Å². The van der Waals surface area contributed by atoms with Crippen molar-refractivity contribution in [3.63, 3.8) is 0 Å². The molecular formula is C10H23NO2Si. The van der Waals surface area contributed by atoms with Crippen molar-refractivity contribution in [3.05, 3.63) is 0 Å². The molecule has 14 heavy (non-hydrogen) atoms. The van der Waals surface area contributed by atoms with Gasteiger partial charge in [-0.15, -0.1) is 0 Å². The molecule has 0 N–H and O–H groups in total. The quantitative estimate of drug-likeness (QED) is 0.659. The van der Waals surface area contributed by atoms with Crippen molar-refractivity contribution in [1.29, 1.82) is 0 Å².